The summed E-state index contributed by atoms with van der Waals surface area (Å²) in [5.41, 5.74) is 0. The zero-order valence-electron chi connectivity index (χ0n) is 12.1. The molecule has 0 aromatic heterocycles. The maximum Gasteiger partial charge on any atom is 0.479 e. The average molecular weight is 281 g/mol. The predicted molar refractivity (Wildman–Crippen MR) is 76.7 cm³/mol. The first-order valence-electron chi connectivity index (χ1n) is 5.99. The second kappa shape index (κ2) is 5.92. The van der Waals surface area contributed by atoms with E-state index >= 15 is 0 Å². The molecule has 6 heteroatoms. The van der Waals surface area contributed by atoms with Crippen molar-refractivity contribution in [3.8, 4) is 0 Å². The summed E-state index contributed by atoms with van der Waals surface area (Å²) in [6, 6.07) is 0.929. The van der Waals surface area contributed by atoms with E-state index in [4.69, 9.17) is 12.7 Å². The largest absolute Gasteiger partial charge is 0.479 e. The Hall–Kier alpha value is 0.531. The van der Waals surface area contributed by atoms with Crippen LogP contribution in [0.5, 0.6) is 0 Å². The summed E-state index contributed by atoms with van der Waals surface area (Å²) in [5, 5.41) is 0. The molecule has 0 aromatic carbocycles. The molecule has 3 nitrogen and oxygen atoms in total. The van der Waals surface area contributed by atoms with Gasteiger partial charge in [0.15, 0.2) is 16.6 Å². The standard InChI is InChI=1S/C10H28O3Si3/c1-9-10-16(11-2,12-14(3,4)5)13-15(6,7)8/h9-10H2,1-8H3. The zero-order valence-corrected chi connectivity index (χ0v) is 15.1. The van der Waals surface area contributed by atoms with Gasteiger partial charge < -0.3 is 12.7 Å². The van der Waals surface area contributed by atoms with Gasteiger partial charge in [0.25, 0.3) is 0 Å². The summed E-state index contributed by atoms with van der Waals surface area (Å²) in [4.78, 5) is 0. The third-order valence-corrected chi connectivity index (χ3v) is 10.9. The van der Waals surface area contributed by atoms with Gasteiger partial charge >= 0.3 is 8.80 Å². The number of hydrogen-bond acceptors (Lipinski definition) is 3. The molecular weight excluding hydrogens is 252 g/mol. The van der Waals surface area contributed by atoms with E-state index in [-0.39, 0.29) is 0 Å². The molecule has 0 fully saturated rings. The molecule has 0 amide bonds. The van der Waals surface area contributed by atoms with Gasteiger partial charge in [-0.3, -0.25) is 0 Å². The van der Waals surface area contributed by atoms with Crippen LogP contribution in [-0.4, -0.2) is 32.5 Å². The van der Waals surface area contributed by atoms with Crippen LogP contribution >= 0.6 is 0 Å². The topological polar surface area (TPSA) is 27.7 Å². The second-order valence-electron chi connectivity index (χ2n) is 6.07. The van der Waals surface area contributed by atoms with Crippen molar-refractivity contribution in [1.82, 2.24) is 0 Å². The Labute approximate surface area is 104 Å². The van der Waals surface area contributed by atoms with Gasteiger partial charge in [-0.25, -0.2) is 0 Å². The molecule has 16 heavy (non-hydrogen) atoms. The maximum atomic E-state index is 6.26. The van der Waals surface area contributed by atoms with Gasteiger partial charge in [-0.1, -0.05) is 13.3 Å². The van der Waals surface area contributed by atoms with Gasteiger partial charge in [-0.2, -0.15) is 0 Å². The van der Waals surface area contributed by atoms with Crippen LogP contribution in [0, 0.1) is 0 Å². The highest BCUT2D eigenvalue weighted by Crippen LogP contribution is 2.25. The highest BCUT2D eigenvalue weighted by Gasteiger charge is 2.45. The summed E-state index contributed by atoms with van der Waals surface area (Å²) >= 11 is 0. The van der Waals surface area contributed by atoms with Crippen LogP contribution in [0.1, 0.15) is 13.3 Å². The molecular formula is C10H28O3Si3. The van der Waals surface area contributed by atoms with E-state index < -0.39 is 25.4 Å². The molecule has 0 aliphatic rings. The van der Waals surface area contributed by atoms with Crippen molar-refractivity contribution in [3.05, 3.63) is 0 Å². The van der Waals surface area contributed by atoms with E-state index in [1.807, 2.05) is 0 Å². The Bertz CT molecular complexity index is 192. The van der Waals surface area contributed by atoms with Crippen molar-refractivity contribution >= 4 is 25.4 Å². The van der Waals surface area contributed by atoms with Crippen molar-refractivity contribution in [2.75, 3.05) is 7.11 Å². The Morgan fingerprint density at radius 2 is 1.19 bits per heavy atom. The molecule has 0 saturated heterocycles. The lowest BCUT2D eigenvalue weighted by atomic mass is 10.6. The summed E-state index contributed by atoms with van der Waals surface area (Å²) in [6.07, 6.45) is 1.05. The molecule has 0 bridgehead atoms. The molecule has 0 heterocycles. The van der Waals surface area contributed by atoms with Crippen LogP contribution < -0.4 is 0 Å². The fraction of sp³-hybridized carbons (Fsp3) is 1.00. The summed E-state index contributed by atoms with van der Waals surface area (Å²) in [7, 11) is -3.91. The molecule has 0 saturated carbocycles. The summed E-state index contributed by atoms with van der Waals surface area (Å²) in [5.74, 6) is 0. The summed E-state index contributed by atoms with van der Waals surface area (Å²) < 4.78 is 18.2. The Morgan fingerprint density at radius 1 is 0.812 bits per heavy atom. The van der Waals surface area contributed by atoms with Crippen LogP contribution in [-0.2, 0) is 12.7 Å². The Kier molecular flexibility index (Phi) is 6.12. The van der Waals surface area contributed by atoms with E-state index in [0.717, 1.165) is 12.5 Å². The quantitative estimate of drug-likeness (QED) is 0.666. The number of rotatable bonds is 7. The van der Waals surface area contributed by atoms with Crippen molar-refractivity contribution in [1.29, 1.82) is 0 Å². The maximum absolute atomic E-state index is 6.26. The SMILES string of the molecule is CCC[Si](OC)(O[Si](C)(C)C)O[Si](C)(C)C. The predicted octanol–water partition coefficient (Wildman–Crippen LogP) is 3.68. The van der Waals surface area contributed by atoms with Gasteiger partial charge in [-0.05, 0) is 39.3 Å². The Morgan fingerprint density at radius 3 is 1.38 bits per heavy atom. The normalized spacial score (nSPS) is 14.2. The first kappa shape index (κ1) is 16.5. The van der Waals surface area contributed by atoms with E-state index in [9.17, 15) is 0 Å². The molecule has 0 aromatic rings. The molecule has 0 N–H and O–H groups in total. The molecule has 0 spiro atoms. The zero-order chi connectivity index (χ0) is 13.0. The first-order chi connectivity index (χ1) is 7.04. The van der Waals surface area contributed by atoms with Crippen LogP contribution in [0.2, 0.25) is 45.3 Å². The molecule has 0 atom stereocenters. The monoisotopic (exact) mass is 280 g/mol. The third kappa shape index (κ3) is 6.97. The molecule has 0 rings (SSSR count). The van der Waals surface area contributed by atoms with Gasteiger partial charge in [0.2, 0.25) is 0 Å². The van der Waals surface area contributed by atoms with Gasteiger partial charge in [0.1, 0.15) is 0 Å². The van der Waals surface area contributed by atoms with E-state index in [0.29, 0.717) is 0 Å². The lowest BCUT2D eigenvalue weighted by molar-refractivity contribution is 0.199. The fourth-order valence-electron chi connectivity index (χ4n) is 1.55. The molecule has 0 radical (unpaired) electrons. The van der Waals surface area contributed by atoms with Gasteiger partial charge in [0.05, 0.1) is 0 Å². The smallest absolute Gasteiger partial charge is 0.416 e. The average Bonchev–Trinajstić information content (AvgIpc) is 1.98. The van der Waals surface area contributed by atoms with E-state index in [1.54, 1.807) is 7.11 Å². The van der Waals surface area contributed by atoms with E-state index in [1.165, 1.54) is 0 Å². The van der Waals surface area contributed by atoms with Crippen molar-refractivity contribution < 1.29 is 12.7 Å². The van der Waals surface area contributed by atoms with Crippen molar-refractivity contribution in [2.24, 2.45) is 0 Å². The minimum absolute atomic E-state index is 0.929. The van der Waals surface area contributed by atoms with E-state index in [2.05, 4.69) is 46.2 Å². The lowest BCUT2D eigenvalue weighted by Gasteiger charge is -2.38. The fourth-order valence-corrected chi connectivity index (χ4v) is 11.9. The molecule has 0 aliphatic heterocycles. The van der Waals surface area contributed by atoms with Gasteiger partial charge in [0, 0.05) is 13.2 Å². The first-order valence-corrected chi connectivity index (χ1v) is 14.7. The molecule has 0 aliphatic carbocycles. The third-order valence-electron chi connectivity index (χ3n) is 1.79. The minimum Gasteiger partial charge on any atom is -0.416 e. The molecule has 0 unspecified atom stereocenters. The Balaban J connectivity index is 4.85. The highest BCUT2D eigenvalue weighted by molar-refractivity contribution is 6.85. The van der Waals surface area contributed by atoms with Crippen LogP contribution in [0.15, 0.2) is 0 Å². The van der Waals surface area contributed by atoms with Crippen molar-refractivity contribution in [2.45, 2.75) is 58.7 Å². The van der Waals surface area contributed by atoms with Crippen LogP contribution in [0.3, 0.4) is 0 Å². The lowest BCUT2D eigenvalue weighted by Crippen LogP contribution is -2.56. The van der Waals surface area contributed by atoms with Crippen LogP contribution in [0.4, 0.5) is 0 Å². The number of hydrogen-bond donors (Lipinski definition) is 0. The van der Waals surface area contributed by atoms with Crippen molar-refractivity contribution in [3.63, 3.8) is 0 Å². The van der Waals surface area contributed by atoms with Crippen LogP contribution in [0.25, 0.3) is 0 Å². The minimum atomic E-state index is -2.42. The highest BCUT2D eigenvalue weighted by atomic mass is 28.5. The molecule has 98 valence electrons. The van der Waals surface area contributed by atoms with Gasteiger partial charge in [-0.15, -0.1) is 0 Å². The second-order valence-corrected chi connectivity index (χ2v) is 18.4. The summed E-state index contributed by atoms with van der Waals surface area (Å²) in [6.45, 7) is 15.3.